The lowest BCUT2D eigenvalue weighted by Crippen LogP contribution is -2.21. The Hall–Kier alpha value is -2.76. The Morgan fingerprint density at radius 3 is 2.58 bits per heavy atom. The van der Waals surface area contributed by atoms with Gasteiger partial charge in [-0.3, -0.25) is 5.32 Å². The monoisotopic (exact) mass is 364 g/mol. The van der Waals surface area contributed by atoms with Gasteiger partial charge in [0.15, 0.2) is 16.8 Å². The van der Waals surface area contributed by atoms with E-state index in [1.165, 1.54) is 11.3 Å². The van der Waals surface area contributed by atoms with Gasteiger partial charge in [0.05, 0.1) is 21.8 Å². The van der Waals surface area contributed by atoms with Crippen molar-refractivity contribution in [2.45, 2.75) is 0 Å². The van der Waals surface area contributed by atoms with Crippen LogP contribution in [-0.4, -0.2) is 11.0 Å². The minimum Gasteiger partial charge on any atom is -0.302 e. The van der Waals surface area contributed by atoms with Crippen molar-refractivity contribution in [3.05, 3.63) is 52.6 Å². The van der Waals surface area contributed by atoms with Crippen molar-refractivity contribution in [3.63, 3.8) is 0 Å². The Bertz CT molecular complexity index is 976. The fraction of sp³-hybridized carbons (Fsp3) is 0. The maximum Gasteiger partial charge on any atom is 0.325 e. The zero-order valence-electron chi connectivity index (χ0n) is 11.7. The Kier molecular flexibility index (Phi) is 4.29. The van der Waals surface area contributed by atoms with E-state index in [-0.39, 0.29) is 10.7 Å². The van der Waals surface area contributed by atoms with Crippen LogP contribution in [0.25, 0.3) is 10.2 Å². The summed E-state index contributed by atoms with van der Waals surface area (Å²) < 4.78 is 28.3. The molecule has 1 heterocycles. The van der Waals surface area contributed by atoms with Crippen LogP contribution in [0.5, 0.6) is 0 Å². The van der Waals surface area contributed by atoms with Crippen molar-refractivity contribution >= 4 is 50.0 Å². The molecular weight excluding hydrogens is 358 g/mol. The summed E-state index contributed by atoms with van der Waals surface area (Å²) in [6.45, 7) is 0. The van der Waals surface area contributed by atoms with Crippen LogP contribution in [0.1, 0.15) is 5.56 Å². The van der Waals surface area contributed by atoms with Crippen LogP contribution in [0.2, 0.25) is 5.02 Å². The molecule has 0 unspecified atom stereocenters. The molecule has 5 nitrogen and oxygen atoms in total. The van der Waals surface area contributed by atoms with E-state index in [1.54, 1.807) is 24.3 Å². The lowest BCUT2D eigenvalue weighted by Gasteiger charge is -2.08. The van der Waals surface area contributed by atoms with E-state index in [1.807, 2.05) is 0 Å². The molecule has 0 radical (unpaired) electrons. The second-order valence-electron chi connectivity index (χ2n) is 4.64. The predicted octanol–water partition coefficient (Wildman–Crippen LogP) is 4.74. The molecule has 2 aromatic carbocycles. The number of fused-ring (bicyclic) bond motifs is 1. The van der Waals surface area contributed by atoms with Gasteiger partial charge >= 0.3 is 6.03 Å². The quantitative estimate of drug-likeness (QED) is 0.689. The number of urea groups is 1. The number of hydrogen-bond acceptors (Lipinski definition) is 4. The third-order valence-corrected chi connectivity index (χ3v) is 4.15. The lowest BCUT2D eigenvalue weighted by atomic mass is 10.2. The van der Waals surface area contributed by atoms with Crippen LogP contribution in [0.15, 0.2) is 30.3 Å². The highest BCUT2D eigenvalue weighted by Crippen LogP contribution is 2.28. The van der Waals surface area contributed by atoms with Crippen LogP contribution in [-0.2, 0) is 0 Å². The first kappa shape index (κ1) is 16.1. The highest BCUT2D eigenvalue weighted by Gasteiger charge is 2.15. The number of nitriles is 1. The molecule has 120 valence electrons. The van der Waals surface area contributed by atoms with Crippen LogP contribution in [0.4, 0.5) is 24.4 Å². The van der Waals surface area contributed by atoms with Gasteiger partial charge in [-0.1, -0.05) is 22.9 Å². The van der Waals surface area contributed by atoms with E-state index in [9.17, 15) is 13.6 Å². The summed E-state index contributed by atoms with van der Waals surface area (Å²) in [5, 5.41) is 13.9. The van der Waals surface area contributed by atoms with Crippen molar-refractivity contribution in [2.75, 3.05) is 10.6 Å². The SMILES string of the molecule is N#Cc1cc(F)c(NC(=O)Nc2nc3ccc(Cl)cc3s2)c(F)c1. The smallest absolute Gasteiger partial charge is 0.302 e. The first-order valence-corrected chi connectivity index (χ1v) is 7.69. The van der Waals surface area contributed by atoms with Crippen LogP contribution in [0.3, 0.4) is 0 Å². The van der Waals surface area contributed by atoms with Crippen molar-refractivity contribution in [2.24, 2.45) is 0 Å². The fourth-order valence-corrected chi connectivity index (χ4v) is 3.09. The van der Waals surface area contributed by atoms with Crippen LogP contribution < -0.4 is 10.6 Å². The van der Waals surface area contributed by atoms with E-state index >= 15 is 0 Å². The maximum absolute atomic E-state index is 13.7. The molecule has 2 N–H and O–H groups in total. The Balaban J connectivity index is 1.79. The van der Waals surface area contributed by atoms with Crippen LogP contribution in [0, 0.1) is 23.0 Å². The zero-order valence-corrected chi connectivity index (χ0v) is 13.3. The zero-order chi connectivity index (χ0) is 17.3. The molecule has 0 aliphatic carbocycles. The van der Waals surface area contributed by atoms with Crippen molar-refractivity contribution < 1.29 is 13.6 Å². The number of hydrogen-bond donors (Lipinski definition) is 2. The van der Waals surface area contributed by atoms with Crippen molar-refractivity contribution in [3.8, 4) is 6.07 Å². The second-order valence-corrected chi connectivity index (χ2v) is 6.10. The van der Waals surface area contributed by atoms with Gasteiger partial charge in [0.1, 0.15) is 5.69 Å². The molecular formula is C15H7ClF2N4OS. The predicted molar refractivity (Wildman–Crippen MR) is 88.3 cm³/mol. The molecule has 0 aliphatic heterocycles. The summed E-state index contributed by atoms with van der Waals surface area (Å²) in [5.74, 6) is -2.09. The Morgan fingerprint density at radius 2 is 1.92 bits per heavy atom. The standard InChI is InChI=1S/C15H7ClF2N4OS/c16-8-1-2-11-12(5-8)24-15(20-11)22-14(23)21-13-9(17)3-7(6-19)4-10(13)18/h1-5H,(H2,20,21,22,23). The summed E-state index contributed by atoms with van der Waals surface area (Å²) in [5.41, 5.74) is -0.190. The van der Waals surface area contributed by atoms with E-state index in [4.69, 9.17) is 16.9 Å². The summed E-state index contributed by atoms with van der Waals surface area (Å²) in [6, 6.07) is 7.47. The largest absolute Gasteiger partial charge is 0.325 e. The number of benzene rings is 2. The Morgan fingerprint density at radius 1 is 1.21 bits per heavy atom. The minimum atomic E-state index is -1.04. The molecule has 0 atom stereocenters. The first-order valence-electron chi connectivity index (χ1n) is 6.49. The number of amides is 2. The molecule has 3 aromatic rings. The van der Waals surface area contributed by atoms with Gasteiger partial charge in [-0.15, -0.1) is 0 Å². The molecule has 9 heteroatoms. The summed E-state index contributed by atoms with van der Waals surface area (Å²) in [4.78, 5) is 16.1. The topological polar surface area (TPSA) is 77.8 Å². The molecule has 3 rings (SSSR count). The molecule has 0 spiro atoms. The van der Waals surface area contributed by atoms with Crippen LogP contribution >= 0.6 is 22.9 Å². The third kappa shape index (κ3) is 3.27. The van der Waals surface area contributed by atoms with E-state index in [0.717, 1.165) is 16.8 Å². The average Bonchev–Trinajstić information content (AvgIpc) is 2.91. The van der Waals surface area contributed by atoms with E-state index in [0.29, 0.717) is 10.5 Å². The average molecular weight is 365 g/mol. The number of rotatable bonds is 2. The molecule has 0 saturated heterocycles. The number of aromatic nitrogens is 1. The number of nitrogens with zero attached hydrogens (tertiary/aromatic N) is 2. The molecule has 24 heavy (non-hydrogen) atoms. The highest BCUT2D eigenvalue weighted by molar-refractivity contribution is 7.22. The lowest BCUT2D eigenvalue weighted by molar-refractivity contribution is 0.262. The van der Waals surface area contributed by atoms with Gasteiger partial charge in [0, 0.05) is 5.02 Å². The maximum atomic E-state index is 13.7. The molecule has 1 aromatic heterocycles. The number of thiazole rings is 1. The van der Waals surface area contributed by atoms with Gasteiger partial charge < -0.3 is 5.32 Å². The van der Waals surface area contributed by atoms with Gasteiger partial charge in [-0.05, 0) is 30.3 Å². The fourth-order valence-electron chi connectivity index (χ4n) is 1.95. The van der Waals surface area contributed by atoms with Gasteiger partial charge in [0.2, 0.25) is 0 Å². The molecule has 0 fully saturated rings. The molecule has 0 saturated carbocycles. The van der Waals surface area contributed by atoms with Gasteiger partial charge in [0.25, 0.3) is 0 Å². The molecule has 0 bridgehead atoms. The van der Waals surface area contributed by atoms with E-state index < -0.39 is 23.4 Å². The van der Waals surface area contributed by atoms with Gasteiger partial charge in [-0.2, -0.15) is 5.26 Å². The Labute approximate surface area is 143 Å². The minimum absolute atomic E-state index is 0.181. The van der Waals surface area contributed by atoms with Crippen molar-refractivity contribution in [1.29, 1.82) is 5.26 Å². The number of nitrogens with one attached hydrogen (secondary N) is 2. The summed E-state index contributed by atoms with van der Waals surface area (Å²) in [7, 11) is 0. The summed E-state index contributed by atoms with van der Waals surface area (Å²) in [6.07, 6.45) is 0. The van der Waals surface area contributed by atoms with E-state index in [2.05, 4.69) is 15.6 Å². The number of carbonyl (C=O) groups is 1. The molecule has 2 amide bonds. The highest BCUT2D eigenvalue weighted by atomic mass is 35.5. The third-order valence-electron chi connectivity index (χ3n) is 2.98. The second kappa shape index (κ2) is 6.39. The number of halogens is 3. The number of anilines is 2. The summed E-state index contributed by atoms with van der Waals surface area (Å²) >= 11 is 7.04. The molecule has 0 aliphatic rings. The van der Waals surface area contributed by atoms with Crippen molar-refractivity contribution in [1.82, 2.24) is 4.98 Å². The first-order chi connectivity index (χ1) is 11.5. The number of carbonyl (C=O) groups excluding carboxylic acids is 1. The van der Waals surface area contributed by atoms with Gasteiger partial charge in [-0.25, -0.2) is 18.6 Å². The normalized spacial score (nSPS) is 10.4.